The van der Waals surface area contributed by atoms with E-state index >= 15 is 0 Å². The largest absolute Gasteiger partial charge is 0.396 e. The average Bonchev–Trinajstić information content (AvgIpc) is 3.21. The average molecular weight is 351 g/mol. The van der Waals surface area contributed by atoms with Crippen molar-refractivity contribution in [3.8, 4) is 0 Å². The Morgan fingerprint density at radius 1 is 1.20 bits per heavy atom. The summed E-state index contributed by atoms with van der Waals surface area (Å²) in [5.74, 6) is 0.599. The van der Waals surface area contributed by atoms with Crippen LogP contribution in [0.3, 0.4) is 0 Å². The van der Waals surface area contributed by atoms with E-state index in [1.807, 2.05) is 4.90 Å². The molecule has 0 aromatic carbocycles. The fourth-order valence-corrected chi connectivity index (χ4v) is 4.04. The number of aromatic nitrogens is 3. The number of rotatable bonds is 6. The Labute approximate surface area is 148 Å². The lowest BCUT2D eigenvalue weighted by Crippen LogP contribution is -2.48. The van der Waals surface area contributed by atoms with Gasteiger partial charge in [0.1, 0.15) is 12.7 Å². The molecule has 1 aromatic heterocycles. The number of aryl methyl sites for hydroxylation is 1. The number of morpholine rings is 1. The number of carbonyl (C=O) groups excluding carboxylic acids is 1. The highest BCUT2D eigenvalue weighted by Gasteiger charge is 2.36. The van der Waals surface area contributed by atoms with Crippen LogP contribution >= 0.6 is 0 Å². The standard InChI is InChI=1S/C17H29N5O3/c1-13-5-20(6-14(2)25-13)7-15-8-21(9-16(15)10-23)17(24)3-4-22-12-18-11-19-22/h11-16,23H,3-10H2,1-2H3. The van der Waals surface area contributed by atoms with Gasteiger partial charge in [-0.1, -0.05) is 0 Å². The quantitative estimate of drug-likeness (QED) is 0.767. The third kappa shape index (κ3) is 4.77. The van der Waals surface area contributed by atoms with Gasteiger partial charge in [-0.05, 0) is 19.8 Å². The van der Waals surface area contributed by atoms with Crippen molar-refractivity contribution in [1.82, 2.24) is 24.6 Å². The van der Waals surface area contributed by atoms with Gasteiger partial charge in [0.2, 0.25) is 5.91 Å². The van der Waals surface area contributed by atoms with Crippen LogP contribution in [0.15, 0.2) is 12.7 Å². The van der Waals surface area contributed by atoms with Crippen LogP contribution in [0.4, 0.5) is 0 Å². The summed E-state index contributed by atoms with van der Waals surface area (Å²) in [6, 6.07) is 0. The minimum atomic E-state index is 0.125. The van der Waals surface area contributed by atoms with Gasteiger partial charge in [0.25, 0.3) is 0 Å². The Bertz CT molecular complexity index is 542. The summed E-state index contributed by atoms with van der Waals surface area (Å²) in [5, 5.41) is 13.8. The molecule has 2 saturated heterocycles. The fraction of sp³-hybridized carbons (Fsp3) is 0.824. The molecule has 8 nitrogen and oxygen atoms in total. The number of hydrogen-bond donors (Lipinski definition) is 1. The highest BCUT2D eigenvalue weighted by Crippen LogP contribution is 2.26. The molecule has 3 heterocycles. The second-order valence-corrected chi connectivity index (χ2v) is 7.39. The molecule has 4 atom stereocenters. The molecule has 1 aromatic rings. The summed E-state index contributed by atoms with van der Waals surface area (Å²) in [6.45, 7) is 8.99. The first-order valence-corrected chi connectivity index (χ1v) is 9.14. The SMILES string of the molecule is CC1CN(CC2CN(C(=O)CCn3cncn3)CC2CO)CC(C)O1. The monoisotopic (exact) mass is 351 g/mol. The normalized spacial score (nSPS) is 30.8. The van der Waals surface area contributed by atoms with Crippen LogP contribution in [-0.4, -0.2) is 87.1 Å². The van der Waals surface area contributed by atoms with Gasteiger partial charge in [-0.25, -0.2) is 4.98 Å². The molecule has 2 aliphatic rings. The van der Waals surface area contributed by atoms with Gasteiger partial charge >= 0.3 is 0 Å². The van der Waals surface area contributed by atoms with E-state index in [9.17, 15) is 9.90 Å². The summed E-state index contributed by atoms with van der Waals surface area (Å²) in [4.78, 5) is 20.7. The van der Waals surface area contributed by atoms with Gasteiger partial charge < -0.3 is 14.7 Å². The fourth-order valence-electron chi connectivity index (χ4n) is 4.04. The Balaban J connectivity index is 1.51. The number of carbonyl (C=O) groups is 1. The molecule has 0 saturated carbocycles. The molecule has 8 heteroatoms. The first-order chi connectivity index (χ1) is 12.0. The van der Waals surface area contributed by atoms with E-state index in [1.54, 1.807) is 11.0 Å². The number of aliphatic hydroxyl groups is 1. The maximum absolute atomic E-state index is 12.5. The number of aliphatic hydroxyl groups excluding tert-OH is 1. The minimum absolute atomic E-state index is 0.125. The number of nitrogens with zero attached hydrogens (tertiary/aromatic N) is 5. The van der Waals surface area contributed by atoms with Crippen molar-refractivity contribution >= 4 is 5.91 Å². The summed E-state index contributed by atoms with van der Waals surface area (Å²) in [7, 11) is 0. The molecular weight excluding hydrogens is 322 g/mol. The molecule has 4 unspecified atom stereocenters. The molecule has 3 rings (SSSR count). The Morgan fingerprint density at radius 2 is 1.92 bits per heavy atom. The Kier molecular flexibility index (Phi) is 6.03. The Hall–Kier alpha value is -1.51. The van der Waals surface area contributed by atoms with Gasteiger partial charge in [0.15, 0.2) is 0 Å². The smallest absolute Gasteiger partial charge is 0.224 e. The summed E-state index contributed by atoms with van der Waals surface area (Å²) >= 11 is 0. The second kappa shape index (κ2) is 8.25. The van der Waals surface area contributed by atoms with Gasteiger partial charge in [-0.3, -0.25) is 14.4 Å². The van der Waals surface area contributed by atoms with E-state index in [2.05, 4.69) is 28.8 Å². The van der Waals surface area contributed by atoms with E-state index in [-0.39, 0.29) is 30.6 Å². The lowest BCUT2D eigenvalue weighted by molar-refractivity contribution is -0.130. The van der Waals surface area contributed by atoms with Crippen LogP contribution in [-0.2, 0) is 16.1 Å². The van der Waals surface area contributed by atoms with Crippen LogP contribution in [0, 0.1) is 11.8 Å². The molecule has 2 fully saturated rings. The van der Waals surface area contributed by atoms with Crippen LogP contribution in [0.5, 0.6) is 0 Å². The van der Waals surface area contributed by atoms with Crippen LogP contribution in [0.2, 0.25) is 0 Å². The van der Waals surface area contributed by atoms with Gasteiger partial charge in [0.05, 0.1) is 18.8 Å². The number of likely N-dealkylation sites (tertiary alicyclic amines) is 1. The van der Waals surface area contributed by atoms with E-state index in [4.69, 9.17) is 4.74 Å². The Morgan fingerprint density at radius 3 is 2.56 bits per heavy atom. The number of ether oxygens (including phenoxy) is 1. The molecule has 1 N–H and O–H groups in total. The van der Waals surface area contributed by atoms with Gasteiger partial charge in [-0.2, -0.15) is 5.10 Å². The van der Waals surface area contributed by atoms with Gasteiger partial charge in [-0.15, -0.1) is 0 Å². The summed E-state index contributed by atoms with van der Waals surface area (Å²) in [6.07, 6.45) is 3.98. The van der Waals surface area contributed by atoms with Crippen molar-refractivity contribution in [2.24, 2.45) is 11.8 Å². The molecule has 0 aliphatic carbocycles. The van der Waals surface area contributed by atoms with Crippen molar-refractivity contribution in [1.29, 1.82) is 0 Å². The second-order valence-electron chi connectivity index (χ2n) is 7.39. The molecule has 2 aliphatic heterocycles. The van der Waals surface area contributed by atoms with Crippen molar-refractivity contribution in [2.45, 2.75) is 39.0 Å². The topological polar surface area (TPSA) is 83.7 Å². The van der Waals surface area contributed by atoms with E-state index in [0.717, 1.165) is 26.2 Å². The molecule has 0 spiro atoms. The molecule has 25 heavy (non-hydrogen) atoms. The van der Waals surface area contributed by atoms with E-state index in [1.165, 1.54) is 6.33 Å². The lowest BCUT2D eigenvalue weighted by atomic mass is 9.96. The molecule has 1 amide bonds. The highest BCUT2D eigenvalue weighted by atomic mass is 16.5. The molecule has 0 radical (unpaired) electrons. The van der Waals surface area contributed by atoms with Crippen molar-refractivity contribution in [2.75, 3.05) is 39.3 Å². The third-order valence-electron chi connectivity index (χ3n) is 5.17. The van der Waals surface area contributed by atoms with Crippen LogP contribution in [0.25, 0.3) is 0 Å². The predicted molar refractivity (Wildman–Crippen MR) is 91.7 cm³/mol. The van der Waals surface area contributed by atoms with Crippen molar-refractivity contribution < 1.29 is 14.6 Å². The van der Waals surface area contributed by atoms with E-state index < -0.39 is 0 Å². The zero-order chi connectivity index (χ0) is 17.8. The molecular formula is C17H29N5O3. The maximum atomic E-state index is 12.5. The van der Waals surface area contributed by atoms with Crippen LogP contribution < -0.4 is 0 Å². The predicted octanol–water partition coefficient (Wildman–Crippen LogP) is -0.156. The first kappa shape index (κ1) is 18.3. The first-order valence-electron chi connectivity index (χ1n) is 9.14. The lowest BCUT2D eigenvalue weighted by Gasteiger charge is -2.37. The van der Waals surface area contributed by atoms with E-state index in [0.29, 0.717) is 25.4 Å². The van der Waals surface area contributed by atoms with Crippen LogP contribution in [0.1, 0.15) is 20.3 Å². The third-order valence-corrected chi connectivity index (χ3v) is 5.17. The summed E-state index contributed by atoms with van der Waals surface area (Å²) in [5.41, 5.74) is 0. The van der Waals surface area contributed by atoms with Crippen molar-refractivity contribution in [3.63, 3.8) is 0 Å². The summed E-state index contributed by atoms with van der Waals surface area (Å²) < 4.78 is 7.46. The minimum Gasteiger partial charge on any atom is -0.396 e. The maximum Gasteiger partial charge on any atom is 0.224 e. The molecule has 140 valence electrons. The van der Waals surface area contributed by atoms with Crippen molar-refractivity contribution in [3.05, 3.63) is 12.7 Å². The molecule has 0 bridgehead atoms. The van der Waals surface area contributed by atoms with Gasteiger partial charge in [0, 0.05) is 51.7 Å². The highest BCUT2D eigenvalue weighted by molar-refractivity contribution is 5.76. The number of amides is 1. The number of hydrogen-bond acceptors (Lipinski definition) is 6. The zero-order valence-electron chi connectivity index (χ0n) is 15.1. The zero-order valence-corrected chi connectivity index (χ0v) is 15.1.